The summed E-state index contributed by atoms with van der Waals surface area (Å²) in [6.45, 7) is 8.00. The second-order valence-electron chi connectivity index (χ2n) is 6.00. The number of rotatable bonds is 6. The Bertz CT molecular complexity index is 884. The summed E-state index contributed by atoms with van der Waals surface area (Å²) in [6.07, 6.45) is 0. The van der Waals surface area contributed by atoms with Crippen LogP contribution in [0.4, 0.5) is 11.4 Å². The van der Waals surface area contributed by atoms with Crippen LogP contribution in [0, 0.1) is 0 Å². The minimum absolute atomic E-state index is 1.09. The Morgan fingerprint density at radius 2 is 0.677 bits per heavy atom. The van der Waals surface area contributed by atoms with Gasteiger partial charge in [0.15, 0.2) is 0 Å². The van der Waals surface area contributed by atoms with Crippen LogP contribution < -0.4 is 5.32 Å². The summed E-state index contributed by atoms with van der Waals surface area (Å²) < 4.78 is 0. The second kappa shape index (κ2) is 14.4. The van der Waals surface area contributed by atoms with Crippen LogP contribution in [0.15, 0.2) is 129 Å². The molecule has 0 fully saturated rings. The van der Waals surface area contributed by atoms with E-state index in [-0.39, 0.29) is 0 Å². The summed E-state index contributed by atoms with van der Waals surface area (Å²) in [7, 11) is 0. The quantitative estimate of drug-likeness (QED) is 0.317. The van der Waals surface area contributed by atoms with Crippen molar-refractivity contribution in [1.82, 2.24) is 0 Å². The number of nitrogens with one attached hydrogen (secondary N) is 1. The van der Waals surface area contributed by atoms with Crippen molar-refractivity contribution in [3.63, 3.8) is 0 Å². The summed E-state index contributed by atoms with van der Waals surface area (Å²) in [6, 6.07) is 38.0. The molecule has 0 aromatic heterocycles. The lowest BCUT2D eigenvalue weighted by Gasteiger charge is -2.09. The highest BCUT2D eigenvalue weighted by Gasteiger charge is 2.00. The van der Waals surface area contributed by atoms with E-state index in [0.29, 0.717) is 0 Å². The van der Waals surface area contributed by atoms with Crippen LogP contribution >= 0.6 is 23.5 Å². The van der Waals surface area contributed by atoms with E-state index in [1.54, 1.807) is 23.5 Å². The van der Waals surface area contributed by atoms with E-state index in [9.17, 15) is 0 Å². The molecule has 4 aromatic rings. The van der Waals surface area contributed by atoms with Crippen LogP contribution in [0.1, 0.15) is 27.7 Å². The van der Waals surface area contributed by atoms with Crippen molar-refractivity contribution >= 4 is 34.9 Å². The third kappa shape index (κ3) is 8.56. The summed E-state index contributed by atoms with van der Waals surface area (Å²) in [5, 5.41) is 3.47. The van der Waals surface area contributed by atoms with Gasteiger partial charge in [-0.3, -0.25) is 0 Å². The van der Waals surface area contributed by atoms with Gasteiger partial charge in [-0.25, -0.2) is 0 Å². The van der Waals surface area contributed by atoms with Crippen molar-refractivity contribution in [3.05, 3.63) is 109 Å². The standard InChI is InChI=1S/C24H19NS2.2C2H6/c1-3-7-21(8-4-1)26-23-15-11-19(12-16-23)25-20-13-17-24(18-14-20)27-22-9-5-2-6-10-22;2*1-2/h1-18,25H;2*1-2H3. The van der Waals surface area contributed by atoms with Crippen molar-refractivity contribution in [2.45, 2.75) is 47.3 Å². The van der Waals surface area contributed by atoms with Crippen molar-refractivity contribution in [2.75, 3.05) is 5.32 Å². The monoisotopic (exact) mass is 445 g/mol. The molecule has 0 amide bonds. The zero-order valence-corrected chi connectivity index (χ0v) is 20.3. The summed E-state index contributed by atoms with van der Waals surface area (Å²) in [5.41, 5.74) is 2.19. The molecular formula is C28H31NS2. The minimum Gasteiger partial charge on any atom is -0.356 e. The molecule has 1 nitrogen and oxygen atoms in total. The van der Waals surface area contributed by atoms with Crippen molar-refractivity contribution < 1.29 is 0 Å². The maximum absolute atomic E-state index is 3.47. The van der Waals surface area contributed by atoms with E-state index in [4.69, 9.17) is 0 Å². The van der Waals surface area contributed by atoms with Gasteiger partial charge in [0, 0.05) is 31.0 Å². The fourth-order valence-corrected chi connectivity index (χ4v) is 4.30. The Kier molecular flexibility index (Phi) is 11.4. The number of hydrogen-bond acceptors (Lipinski definition) is 3. The topological polar surface area (TPSA) is 12.0 Å². The normalized spacial score (nSPS) is 9.55. The predicted molar refractivity (Wildman–Crippen MR) is 140 cm³/mol. The first-order chi connectivity index (χ1) is 15.3. The van der Waals surface area contributed by atoms with Crippen LogP contribution in [0.5, 0.6) is 0 Å². The predicted octanol–water partition coefficient (Wildman–Crippen LogP) is 9.78. The Morgan fingerprint density at radius 1 is 0.387 bits per heavy atom. The average Bonchev–Trinajstić information content (AvgIpc) is 2.85. The molecule has 0 aliphatic rings. The molecule has 0 radical (unpaired) electrons. The zero-order chi connectivity index (χ0) is 22.3. The van der Waals surface area contributed by atoms with Gasteiger partial charge in [-0.1, -0.05) is 87.6 Å². The second-order valence-corrected chi connectivity index (χ2v) is 8.30. The summed E-state index contributed by atoms with van der Waals surface area (Å²) in [5.74, 6) is 0. The van der Waals surface area contributed by atoms with E-state index >= 15 is 0 Å². The third-order valence-corrected chi connectivity index (χ3v) is 5.99. The molecule has 0 spiro atoms. The van der Waals surface area contributed by atoms with Gasteiger partial charge in [0.25, 0.3) is 0 Å². The average molecular weight is 446 g/mol. The molecule has 0 saturated carbocycles. The van der Waals surface area contributed by atoms with Gasteiger partial charge in [0.1, 0.15) is 0 Å². The van der Waals surface area contributed by atoms with Crippen molar-refractivity contribution in [1.29, 1.82) is 0 Å². The lowest BCUT2D eigenvalue weighted by Crippen LogP contribution is -1.89. The number of anilines is 2. The van der Waals surface area contributed by atoms with Gasteiger partial charge in [-0.15, -0.1) is 0 Å². The molecule has 0 aliphatic carbocycles. The molecule has 0 heterocycles. The van der Waals surface area contributed by atoms with Gasteiger partial charge < -0.3 is 5.32 Å². The third-order valence-electron chi connectivity index (χ3n) is 3.96. The van der Waals surface area contributed by atoms with E-state index < -0.39 is 0 Å². The fourth-order valence-electron chi connectivity index (χ4n) is 2.63. The fraction of sp³-hybridized carbons (Fsp3) is 0.143. The first-order valence-corrected chi connectivity index (χ1v) is 12.4. The Balaban J connectivity index is 0.000000807. The molecule has 31 heavy (non-hydrogen) atoms. The smallest absolute Gasteiger partial charge is 0.0385 e. The first-order valence-electron chi connectivity index (χ1n) is 10.8. The van der Waals surface area contributed by atoms with Crippen molar-refractivity contribution in [3.8, 4) is 0 Å². The zero-order valence-electron chi connectivity index (χ0n) is 18.7. The molecule has 0 aliphatic heterocycles. The lowest BCUT2D eigenvalue weighted by atomic mass is 10.3. The van der Waals surface area contributed by atoms with Gasteiger partial charge in [0.05, 0.1) is 0 Å². The largest absolute Gasteiger partial charge is 0.356 e. The molecule has 1 N–H and O–H groups in total. The van der Waals surface area contributed by atoms with Crippen molar-refractivity contribution in [2.24, 2.45) is 0 Å². The minimum atomic E-state index is 1.09. The molecule has 0 atom stereocenters. The van der Waals surface area contributed by atoms with Crippen LogP contribution in [0.2, 0.25) is 0 Å². The van der Waals surface area contributed by atoms with Crippen LogP contribution in [-0.2, 0) is 0 Å². The molecule has 3 heteroatoms. The summed E-state index contributed by atoms with van der Waals surface area (Å²) in [4.78, 5) is 4.98. The molecule has 160 valence electrons. The Labute approximate surface area is 196 Å². The van der Waals surface area contributed by atoms with Gasteiger partial charge in [0.2, 0.25) is 0 Å². The Hall–Kier alpha value is -2.62. The van der Waals surface area contributed by atoms with Crippen LogP contribution in [0.25, 0.3) is 0 Å². The highest BCUT2D eigenvalue weighted by molar-refractivity contribution is 7.99. The van der Waals surface area contributed by atoms with Gasteiger partial charge in [-0.2, -0.15) is 0 Å². The van der Waals surface area contributed by atoms with E-state index in [1.807, 2.05) is 39.8 Å². The molecule has 4 rings (SSSR count). The highest BCUT2D eigenvalue weighted by Crippen LogP contribution is 2.30. The van der Waals surface area contributed by atoms with E-state index in [1.165, 1.54) is 19.6 Å². The first kappa shape index (κ1) is 24.6. The van der Waals surface area contributed by atoms with Gasteiger partial charge in [-0.05, 0) is 72.8 Å². The summed E-state index contributed by atoms with van der Waals surface area (Å²) >= 11 is 3.55. The lowest BCUT2D eigenvalue weighted by molar-refractivity contribution is 1.38. The maximum atomic E-state index is 3.47. The molecule has 0 unspecified atom stereocenters. The molecule has 0 saturated heterocycles. The number of benzene rings is 4. The molecular weight excluding hydrogens is 414 g/mol. The molecule has 4 aromatic carbocycles. The van der Waals surface area contributed by atoms with Gasteiger partial charge >= 0.3 is 0 Å². The SMILES string of the molecule is CC.CC.c1ccc(Sc2ccc(Nc3ccc(Sc4ccccc4)cc3)cc2)cc1. The van der Waals surface area contributed by atoms with Crippen LogP contribution in [0.3, 0.4) is 0 Å². The number of hydrogen-bond donors (Lipinski definition) is 1. The maximum Gasteiger partial charge on any atom is 0.0385 e. The van der Waals surface area contributed by atoms with Crippen LogP contribution in [-0.4, -0.2) is 0 Å². The van der Waals surface area contributed by atoms with E-state index in [2.05, 4.69) is 102 Å². The molecule has 0 bridgehead atoms. The van der Waals surface area contributed by atoms with E-state index in [0.717, 1.165) is 11.4 Å². The Morgan fingerprint density at radius 3 is 1.00 bits per heavy atom. The highest BCUT2D eigenvalue weighted by atomic mass is 32.2.